The predicted molar refractivity (Wildman–Crippen MR) is 66.8 cm³/mol. The maximum Gasteiger partial charge on any atom is 0.0388 e. The Morgan fingerprint density at radius 3 is 2.87 bits per heavy atom. The molecule has 1 fully saturated rings. The summed E-state index contributed by atoms with van der Waals surface area (Å²) in [6, 6.07) is 5.25. The molecule has 84 valence electrons. The van der Waals surface area contributed by atoms with Crippen molar-refractivity contribution >= 4 is 22.1 Å². The second-order valence-electron chi connectivity index (χ2n) is 4.03. The highest BCUT2D eigenvalue weighted by Crippen LogP contribution is 2.20. The highest BCUT2D eigenvalue weighted by Gasteiger charge is 2.19. The molecule has 0 aromatic carbocycles. The van der Waals surface area contributed by atoms with Crippen LogP contribution in [0, 0.1) is 0 Å². The van der Waals surface area contributed by atoms with Gasteiger partial charge in [0.25, 0.3) is 0 Å². The van der Waals surface area contributed by atoms with Crippen LogP contribution in [-0.4, -0.2) is 21.8 Å². The molecular formula is C11H17NOS2. The van der Waals surface area contributed by atoms with E-state index in [1.165, 1.54) is 4.88 Å². The SMILES string of the molecule is CC(NC1CCS(=O)CC1)c1cccs1. The highest BCUT2D eigenvalue weighted by molar-refractivity contribution is 7.85. The van der Waals surface area contributed by atoms with Crippen LogP contribution in [0.5, 0.6) is 0 Å². The Morgan fingerprint density at radius 2 is 2.27 bits per heavy atom. The van der Waals surface area contributed by atoms with Gasteiger partial charge in [-0.1, -0.05) is 6.07 Å². The first-order chi connectivity index (χ1) is 7.25. The monoisotopic (exact) mass is 243 g/mol. The molecule has 1 aromatic rings. The van der Waals surface area contributed by atoms with Gasteiger partial charge in [0.15, 0.2) is 0 Å². The van der Waals surface area contributed by atoms with Crippen LogP contribution in [0.15, 0.2) is 17.5 Å². The zero-order valence-electron chi connectivity index (χ0n) is 8.94. The second kappa shape index (κ2) is 5.23. The molecule has 0 spiro atoms. The Balaban J connectivity index is 1.84. The third-order valence-electron chi connectivity index (χ3n) is 2.84. The van der Waals surface area contributed by atoms with Crippen LogP contribution < -0.4 is 5.32 Å². The number of hydrogen-bond acceptors (Lipinski definition) is 3. The number of nitrogens with one attached hydrogen (secondary N) is 1. The van der Waals surface area contributed by atoms with Crippen molar-refractivity contribution in [2.75, 3.05) is 11.5 Å². The third-order valence-corrected chi connectivity index (χ3v) is 5.28. The van der Waals surface area contributed by atoms with Gasteiger partial charge in [-0.05, 0) is 31.2 Å². The van der Waals surface area contributed by atoms with Crippen molar-refractivity contribution in [2.45, 2.75) is 31.8 Å². The zero-order valence-corrected chi connectivity index (χ0v) is 10.6. The van der Waals surface area contributed by atoms with Crippen LogP contribution in [0.25, 0.3) is 0 Å². The van der Waals surface area contributed by atoms with Gasteiger partial charge in [0.1, 0.15) is 0 Å². The largest absolute Gasteiger partial charge is 0.307 e. The Bertz CT molecular complexity index is 313. The minimum atomic E-state index is -0.550. The lowest BCUT2D eigenvalue weighted by atomic mass is 10.1. The van der Waals surface area contributed by atoms with Crippen LogP contribution in [0.3, 0.4) is 0 Å². The molecule has 1 atom stereocenters. The molecule has 2 rings (SSSR count). The standard InChI is InChI=1S/C11H17NOS2/c1-9(11-3-2-6-14-11)12-10-4-7-15(13)8-5-10/h2-3,6,9-10,12H,4-5,7-8H2,1H3. The summed E-state index contributed by atoms with van der Waals surface area (Å²) >= 11 is 1.80. The van der Waals surface area contributed by atoms with E-state index >= 15 is 0 Å². The maximum absolute atomic E-state index is 11.2. The van der Waals surface area contributed by atoms with Gasteiger partial charge in [-0.2, -0.15) is 0 Å². The summed E-state index contributed by atoms with van der Waals surface area (Å²) in [6.45, 7) is 2.21. The summed E-state index contributed by atoms with van der Waals surface area (Å²) in [7, 11) is -0.550. The smallest absolute Gasteiger partial charge is 0.0388 e. The Kier molecular flexibility index (Phi) is 3.94. The van der Waals surface area contributed by atoms with E-state index in [-0.39, 0.29) is 0 Å². The molecule has 0 saturated carbocycles. The van der Waals surface area contributed by atoms with Gasteiger partial charge in [-0.25, -0.2) is 0 Å². The predicted octanol–water partition coefficient (Wildman–Crippen LogP) is 2.31. The molecule has 1 aliphatic heterocycles. The zero-order chi connectivity index (χ0) is 10.7. The molecule has 1 unspecified atom stereocenters. The van der Waals surface area contributed by atoms with Crippen LogP contribution >= 0.6 is 11.3 Å². The minimum absolute atomic E-state index is 0.432. The van der Waals surface area contributed by atoms with Gasteiger partial charge in [0, 0.05) is 39.3 Å². The molecule has 1 aromatic heterocycles. The fourth-order valence-corrected chi connectivity index (χ4v) is 3.98. The lowest BCUT2D eigenvalue weighted by Crippen LogP contribution is -2.36. The number of hydrogen-bond donors (Lipinski definition) is 1. The number of rotatable bonds is 3. The van der Waals surface area contributed by atoms with Crippen LogP contribution in [-0.2, 0) is 10.8 Å². The van der Waals surface area contributed by atoms with E-state index in [2.05, 4.69) is 29.8 Å². The first-order valence-electron chi connectivity index (χ1n) is 5.40. The Morgan fingerprint density at radius 1 is 1.53 bits per heavy atom. The molecule has 2 nitrogen and oxygen atoms in total. The summed E-state index contributed by atoms with van der Waals surface area (Å²) in [5.74, 6) is 1.74. The van der Waals surface area contributed by atoms with Crippen molar-refractivity contribution in [3.8, 4) is 0 Å². The molecule has 0 amide bonds. The Hall–Kier alpha value is -0.190. The molecule has 1 aliphatic rings. The molecular weight excluding hydrogens is 226 g/mol. The Labute approximate surface area is 97.5 Å². The van der Waals surface area contributed by atoms with E-state index in [4.69, 9.17) is 0 Å². The van der Waals surface area contributed by atoms with Gasteiger partial charge in [-0.15, -0.1) is 11.3 Å². The summed E-state index contributed by atoms with van der Waals surface area (Å²) in [5.41, 5.74) is 0. The molecule has 0 radical (unpaired) electrons. The van der Waals surface area contributed by atoms with Gasteiger partial charge >= 0.3 is 0 Å². The fourth-order valence-electron chi connectivity index (χ4n) is 1.93. The van der Waals surface area contributed by atoms with Crippen molar-refractivity contribution in [3.63, 3.8) is 0 Å². The third kappa shape index (κ3) is 3.13. The average Bonchev–Trinajstić information content (AvgIpc) is 2.74. The first kappa shape index (κ1) is 11.3. The van der Waals surface area contributed by atoms with Crippen LogP contribution in [0.2, 0.25) is 0 Å². The number of thiophene rings is 1. The fraction of sp³-hybridized carbons (Fsp3) is 0.636. The summed E-state index contributed by atoms with van der Waals surface area (Å²) in [4.78, 5) is 1.39. The molecule has 2 heterocycles. The first-order valence-corrected chi connectivity index (χ1v) is 7.77. The lowest BCUT2D eigenvalue weighted by Gasteiger charge is -2.25. The van der Waals surface area contributed by atoms with E-state index in [0.29, 0.717) is 12.1 Å². The molecule has 1 N–H and O–H groups in total. The van der Waals surface area contributed by atoms with E-state index in [1.54, 1.807) is 11.3 Å². The van der Waals surface area contributed by atoms with Gasteiger partial charge in [0.05, 0.1) is 0 Å². The molecule has 4 heteroatoms. The van der Waals surface area contributed by atoms with Crippen LogP contribution in [0.1, 0.15) is 30.7 Å². The quantitative estimate of drug-likeness (QED) is 0.882. The van der Waals surface area contributed by atoms with E-state index < -0.39 is 10.8 Å². The highest BCUT2D eigenvalue weighted by atomic mass is 32.2. The summed E-state index contributed by atoms with van der Waals surface area (Å²) in [5, 5.41) is 5.73. The van der Waals surface area contributed by atoms with Gasteiger partial charge in [-0.3, -0.25) is 4.21 Å². The maximum atomic E-state index is 11.2. The van der Waals surface area contributed by atoms with Crippen molar-refractivity contribution < 1.29 is 4.21 Å². The summed E-state index contributed by atoms with van der Waals surface area (Å²) in [6.07, 6.45) is 2.12. The van der Waals surface area contributed by atoms with E-state index in [1.807, 2.05) is 0 Å². The molecule has 1 saturated heterocycles. The normalized spacial score (nSPS) is 28.9. The second-order valence-corrected chi connectivity index (χ2v) is 6.70. The average molecular weight is 243 g/mol. The van der Waals surface area contributed by atoms with Crippen molar-refractivity contribution in [3.05, 3.63) is 22.4 Å². The van der Waals surface area contributed by atoms with Crippen molar-refractivity contribution in [1.29, 1.82) is 0 Å². The van der Waals surface area contributed by atoms with Crippen LogP contribution in [0.4, 0.5) is 0 Å². The summed E-state index contributed by atoms with van der Waals surface area (Å²) < 4.78 is 11.2. The molecule has 0 aliphatic carbocycles. The lowest BCUT2D eigenvalue weighted by molar-refractivity contribution is 0.430. The van der Waals surface area contributed by atoms with Gasteiger partial charge in [0.2, 0.25) is 0 Å². The molecule has 0 bridgehead atoms. The van der Waals surface area contributed by atoms with E-state index in [9.17, 15) is 4.21 Å². The minimum Gasteiger partial charge on any atom is -0.307 e. The van der Waals surface area contributed by atoms with Crippen molar-refractivity contribution in [2.24, 2.45) is 0 Å². The van der Waals surface area contributed by atoms with E-state index in [0.717, 1.165) is 24.3 Å². The topological polar surface area (TPSA) is 29.1 Å². The van der Waals surface area contributed by atoms with Gasteiger partial charge < -0.3 is 5.32 Å². The molecule has 15 heavy (non-hydrogen) atoms. The van der Waals surface area contributed by atoms with Crippen molar-refractivity contribution in [1.82, 2.24) is 5.32 Å².